The average molecular weight is 499 g/mol. The van der Waals surface area contributed by atoms with E-state index < -0.39 is 0 Å². The van der Waals surface area contributed by atoms with Crippen LogP contribution in [0.15, 0.2) is 72.9 Å². The monoisotopic (exact) mass is 498 g/mol. The summed E-state index contributed by atoms with van der Waals surface area (Å²) in [6, 6.07) is 20.9. The Bertz CT molecular complexity index is 1530. The first kappa shape index (κ1) is 23.7. The summed E-state index contributed by atoms with van der Waals surface area (Å²) in [6.07, 6.45) is 1.69. The summed E-state index contributed by atoms with van der Waals surface area (Å²) < 4.78 is 23.6. The first-order valence-corrected chi connectivity index (χ1v) is 11.4. The summed E-state index contributed by atoms with van der Waals surface area (Å²) in [6.45, 7) is 0. The lowest BCUT2D eigenvalue weighted by molar-refractivity contribution is 0.324. The van der Waals surface area contributed by atoms with Crippen molar-refractivity contribution in [2.45, 2.75) is 0 Å². The number of fused-ring (bicyclic) bond motifs is 1. The number of para-hydroxylation sites is 2. The first-order valence-electron chi connectivity index (χ1n) is 11.4. The third-order valence-electron chi connectivity index (χ3n) is 5.68. The van der Waals surface area contributed by atoms with Gasteiger partial charge in [0.05, 0.1) is 39.5 Å². The van der Waals surface area contributed by atoms with Gasteiger partial charge in [-0.05, 0) is 24.3 Å². The third-order valence-corrected chi connectivity index (χ3v) is 5.68. The molecular formula is C27H26N6O4. The number of imidazole rings is 1. The van der Waals surface area contributed by atoms with Crippen LogP contribution in [0, 0.1) is 0 Å². The van der Waals surface area contributed by atoms with Crippen molar-refractivity contribution in [3.8, 4) is 28.8 Å². The minimum absolute atomic E-state index is 0.386. The highest BCUT2D eigenvalue weighted by atomic mass is 16.5. The molecule has 0 saturated carbocycles. The maximum Gasteiger partial charge on any atom is 0.229 e. The predicted octanol–water partition coefficient (Wildman–Crippen LogP) is 5.34. The molecule has 0 aliphatic rings. The Kier molecular flexibility index (Phi) is 6.62. The molecule has 188 valence electrons. The lowest BCUT2D eigenvalue weighted by atomic mass is 10.2. The van der Waals surface area contributed by atoms with Crippen molar-refractivity contribution in [3.63, 3.8) is 0 Å². The Balaban J connectivity index is 1.54. The van der Waals surface area contributed by atoms with Crippen LogP contribution < -0.4 is 29.6 Å². The highest BCUT2D eigenvalue weighted by Gasteiger charge is 2.16. The zero-order valence-corrected chi connectivity index (χ0v) is 20.9. The van der Waals surface area contributed by atoms with Gasteiger partial charge >= 0.3 is 0 Å². The third kappa shape index (κ3) is 4.76. The SMILES string of the molecule is COc1cccc(Nc2nc3ccccc3n2-c2ccnc(Nc3cc(OC)c(OC)c(OC)c3)n2)c1. The van der Waals surface area contributed by atoms with Crippen LogP contribution in [-0.4, -0.2) is 48.0 Å². The van der Waals surface area contributed by atoms with Crippen molar-refractivity contribution < 1.29 is 18.9 Å². The van der Waals surface area contributed by atoms with Crippen LogP contribution in [-0.2, 0) is 0 Å². The lowest BCUT2D eigenvalue weighted by Gasteiger charge is -2.15. The van der Waals surface area contributed by atoms with Gasteiger partial charge in [0.1, 0.15) is 11.6 Å². The van der Waals surface area contributed by atoms with E-state index in [9.17, 15) is 0 Å². The van der Waals surface area contributed by atoms with Gasteiger partial charge in [-0.1, -0.05) is 18.2 Å². The van der Waals surface area contributed by atoms with E-state index >= 15 is 0 Å². The molecule has 0 saturated heterocycles. The highest BCUT2D eigenvalue weighted by molar-refractivity contribution is 5.82. The van der Waals surface area contributed by atoms with Gasteiger partial charge in [-0.25, -0.2) is 9.97 Å². The zero-order valence-electron chi connectivity index (χ0n) is 20.9. The van der Waals surface area contributed by atoms with Crippen molar-refractivity contribution in [2.75, 3.05) is 39.1 Å². The summed E-state index contributed by atoms with van der Waals surface area (Å²) in [5, 5.41) is 6.62. The fraction of sp³-hybridized carbons (Fsp3) is 0.148. The second kappa shape index (κ2) is 10.3. The molecule has 0 amide bonds. The van der Waals surface area contributed by atoms with Gasteiger partial charge in [-0.3, -0.25) is 4.57 Å². The van der Waals surface area contributed by atoms with Crippen LogP contribution >= 0.6 is 0 Å². The van der Waals surface area contributed by atoms with Crippen LogP contribution in [0.5, 0.6) is 23.0 Å². The summed E-state index contributed by atoms with van der Waals surface area (Å²) >= 11 is 0. The number of rotatable bonds is 9. The molecule has 0 radical (unpaired) electrons. The van der Waals surface area contributed by atoms with E-state index in [4.69, 9.17) is 28.9 Å². The van der Waals surface area contributed by atoms with Gasteiger partial charge in [0.15, 0.2) is 11.5 Å². The average Bonchev–Trinajstić information content (AvgIpc) is 3.30. The van der Waals surface area contributed by atoms with Gasteiger partial charge in [0, 0.05) is 41.8 Å². The number of nitrogens with one attached hydrogen (secondary N) is 2. The number of hydrogen-bond acceptors (Lipinski definition) is 9. The summed E-state index contributed by atoms with van der Waals surface area (Å²) in [4.78, 5) is 14.0. The maximum absolute atomic E-state index is 5.46. The molecule has 2 aromatic heterocycles. The van der Waals surface area contributed by atoms with E-state index in [1.54, 1.807) is 46.8 Å². The number of aromatic nitrogens is 4. The fourth-order valence-electron chi connectivity index (χ4n) is 3.99. The molecule has 2 N–H and O–H groups in total. The number of benzene rings is 3. The van der Waals surface area contributed by atoms with E-state index in [0.717, 1.165) is 22.5 Å². The van der Waals surface area contributed by atoms with Gasteiger partial charge in [-0.15, -0.1) is 0 Å². The molecule has 0 bridgehead atoms. The number of hydrogen-bond donors (Lipinski definition) is 2. The Morgan fingerprint density at radius 1 is 0.703 bits per heavy atom. The smallest absolute Gasteiger partial charge is 0.229 e. The fourth-order valence-corrected chi connectivity index (χ4v) is 3.99. The molecule has 10 heteroatoms. The van der Waals surface area contributed by atoms with Crippen LogP contribution in [0.4, 0.5) is 23.3 Å². The van der Waals surface area contributed by atoms with Crippen molar-refractivity contribution in [3.05, 3.63) is 72.9 Å². The predicted molar refractivity (Wildman–Crippen MR) is 142 cm³/mol. The molecule has 37 heavy (non-hydrogen) atoms. The second-order valence-electron chi connectivity index (χ2n) is 7.89. The molecule has 0 spiro atoms. The Morgan fingerprint density at radius 2 is 1.49 bits per heavy atom. The summed E-state index contributed by atoms with van der Waals surface area (Å²) in [5.41, 5.74) is 3.23. The summed E-state index contributed by atoms with van der Waals surface area (Å²) in [5.74, 6) is 3.90. The van der Waals surface area contributed by atoms with Crippen molar-refractivity contribution in [1.29, 1.82) is 0 Å². The van der Waals surface area contributed by atoms with Crippen molar-refractivity contribution in [1.82, 2.24) is 19.5 Å². The molecule has 5 aromatic rings. The van der Waals surface area contributed by atoms with Gasteiger partial charge in [-0.2, -0.15) is 4.98 Å². The maximum atomic E-state index is 5.46. The number of methoxy groups -OCH3 is 4. The standard InChI is InChI=1S/C27H26N6O4/c1-34-19-9-7-8-17(14-19)30-27-31-20-10-5-6-11-21(20)33(27)24-12-13-28-26(32-24)29-18-15-22(35-2)25(37-4)23(16-18)36-3/h5-16H,1-4H3,(H,30,31)(H,28,29,32). The zero-order chi connectivity index (χ0) is 25.8. The molecule has 0 aliphatic carbocycles. The molecule has 5 rings (SSSR count). The number of ether oxygens (including phenoxy) is 4. The number of anilines is 4. The molecule has 0 aliphatic heterocycles. The van der Waals surface area contributed by atoms with Crippen LogP contribution in [0.1, 0.15) is 0 Å². The van der Waals surface area contributed by atoms with E-state index in [1.807, 2.05) is 59.2 Å². The normalized spacial score (nSPS) is 10.7. The highest BCUT2D eigenvalue weighted by Crippen LogP contribution is 2.40. The van der Waals surface area contributed by atoms with Gasteiger partial charge < -0.3 is 29.6 Å². The van der Waals surface area contributed by atoms with Crippen LogP contribution in [0.3, 0.4) is 0 Å². The lowest BCUT2D eigenvalue weighted by Crippen LogP contribution is -2.06. The topological polar surface area (TPSA) is 105 Å². The van der Waals surface area contributed by atoms with Crippen LogP contribution in [0.25, 0.3) is 16.9 Å². The van der Waals surface area contributed by atoms with Crippen molar-refractivity contribution in [2.24, 2.45) is 0 Å². The van der Waals surface area contributed by atoms with Gasteiger partial charge in [0.2, 0.25) is 17.6 Å². The molecule has 0 unspecified atom stereocenters. The minimum Gasteiger partial charge on any atom is -0.497 e. The number of nitrogens with zero attached hydrogens (tertiary/aromatic N) is 4. The van der Waals surface area contributed by atoms with Gasteiger partial charge in [0.25, 0.3) is 0 Å². The van der Waals surface area contributed by atoms with E-state index in [2.05, 4.69) is 15.6 Å². The Labute approximate surface area is 213 Å². The molecule has 0 fully saturated rings. The van der Waals surface area contributed by atoms with E-state index in [1.165, 1.54) is 0 Å². The minimum atomic E-state index is 0.386. The molecule has 0 atom stereocenters. The Morgan fingerprint density at radius 3 is 2.22 bits per heavy atom. The Hall–Kier alpha value is -4.99. The largest absolute Gasteiger partial charge is 0.497 e. The quantitative estimate of drug-likeness (QED) is 0.279. The summed E-state index contributed by atoms with van der Waals surface area (Å²) in [7, 11) is 6.34. The molecule has 10 nitrogen and oxygen atoms in total. The van der Waals surface area contributed by atoms with E-state index in [-0.39, 0.29) is 0 Å². The second-order valence-corrected chi connectivity index (χ2v) is 7.89. The van der Waals surface area contributed by atoms with E-state index in [0.29, 0.717) is 40.7 Å². The molecule has 2 heterocycles. The first-order chi connectivity index (χ1) is 18.1. The molecular weight excluding hydrogens is 472 g/mol. The molecule has 3 aromatic carbocycles. The van der Waals surface area contributed by atoms with Crippen molar-refractivity contribution >= 4 is 34.3 Å². The van der Waals surface area contributed by atoms with Crippen LogP contribution in [0.2, 0.25) is 0 Å².